The van der Waals surface area contributed by atoms with Crippen LogP contribution in [0.4, 0.5) is 0 Å². The van der Waals surface area contributed by atoms with Crippen LogP contribution in [0.5, 0.6) is 0 Å². The number of hydrogen-bond donors (Lipinski definition) is 3. The van der Waals surface area contributed by atoms with E-state index in [1.54, 1.807) is 12.1 Å². The van der Waals surface area contributed by atoms with Gasteiger partial charge in [0.05, 0.1) is 17.5 Å². The van der Waals surface area contributed by atoms with E-state index >= 15 is 0 Å². The minimum Gasteiger partial charge on any atom is -0.376 e. The van der Waals surface area contributed by atoms with Crippen LogP contribution in [-0.4, -0.2) is 40.7 Å². The Balaban J connectivity index is 1.92. The van der Waals surface area contributed by atoms with Gasteiger partial charge in [-0.1, -0.05) is 12.1 Å². The van der Waals surface area contributed by atoms with E-state index in [0.29, 0.717) is 19.0 Å². The summed E-state index contributed by atoms with van der Waals surface area (Å²) in [6, 6.07) is 6.62. The molecule has 4 N–H and O–H groups in total. The van der Waals surface area contributed by atoms with Crippen LogP contribution in [-0.2, 0) is 21.3 Å². The normalized spacial score (nSPS) is 19.3. The zero-order valence-corrected chi connectivity index (χ0v) is 13.4. The van der Waals surface area contributed by atoms with E-state index in [1.165, 1.54) is 13.1 Å². The number of ether oxygens (including phenoxy) is 1. The molecule has 1 fully saturated rings. The third-order valence-corrected chi connectivity index (χ3v) is 4.86. The fourth-order valence-corrected chi connectivity index (χ4v) is 2.98. The molecule has 1 unspecified atom stereocenters. The monoisotopic (exact) mass is 326 g/mol. The van der Waals surface area contributed by atoms with Crippen molar-refractivity contribution in [3.63, 3.8) is 0 Å². The molecular formula is C14H22N4O3S. The lowest BCUT2D eigenvalue weighted by molar-refractivity contribution is 0.114. The van der Waals surface area contributed by atoms with Crippen LogP contribution in [0, 0.1) is 0 Å². The fraction of sp³-hybridized carbons (Fsp3) is 0.500. The molecule has 0 aromatic heterocycles. The molecule has 8 heteroatoms. The van der Waals surface area contributed by atoms with Crippen LogP contribution in [0.1, 0.15) is 18.4 Å². The summed E-state index contributed by atoms with van der Waals surface area (Å²) in [5, 5.41) is 3.02. The van der Waals surface area contributed by atoms with Crippen molar-refractivity contribution in [2.75, 3.05) is 20.2 Å². The average Bonchev–Trinajstić information content (AvgIpc) is 3.04. The number of aliphatic imine (C=N–C) groups is 1. The zero-order valence-electron chi connectivity index (χ0n) is 12.6. The Morgan fingerprint density at radius 2 is 2.32 bits per heavy atom. The topological polar surface area (TPSA) is 106 Å². The van der Waals surface area contributed by atoms with Gasteiger partial charge in [-0.05, 0) is 37.6 Å². The Morgan fingerprint density at radius 3 is 3.00 bits per heavy atom. The summed E-state index contributed by atoms with van der Waals surface area (Å²) in [7, 11) is -2.06. The van der Waals surface area contributed by atoms with Crippen LogP contribution in [0.15, 0.2) is 34.2 Å². The molecule has 1 atom stereocenters. The molecule has 122 valence electrons. The highest BCUT2D eigenvalue weighted by Crippen LogP contribution is 2.12. The fourth-order valence-electron chi connectivity index (χ4n) is 2.18. The molecule has 1 saturated heterocycles. The van der Waals surface area contributed by atoms with Crippen molar-refractivity contribution >= 4 is 16.0 Å². The van der Waals surface area contributed by atoms with Crippen LogP contribution in [0.25, 0.3) is 0 Å². The summed E-state index contributed by atoms with van der Waals surface area (Å²) in [6.07, 6.45) is 2.30. The van der Waals surface area contributed by atoms with E-state index in [2.05, 4.69) is 15.0 Å². The quantitative estimate of drug-likeness (QED) is 0.511. The standard InChI is InChI=1S/C14H22N4O3S/c1-16-22(19,20)13-6-2-4-11(8-13)9-17-14(15)18-10-12-5-3-7-21-12/h2,4,6,8,12,16H,3,5,7,9-10H2,1H3,(H3,15,17,18). The Hall–Kier alpha value is -1.64. The van der Waals surface area contributed by atoms with Crippen molar-refractivity contribution in [2.24, 2.45) is 10.7 Å². The van der Waals surface area contributed by atoms with E-state index in [9.17, 15) is 8.42 Å². The number of benzene rings is 1. The number of hydrogen-bond acceptors (Lipinski definition) is 4. The molecule has 0 spiro atoms. The van der Waals surface area contributed by atoms with Gasteiger partial charge >= 0.3 is 0 Å². The average molecular weight is 326 g/mol. The zero-order chi connectivity index (χ0) is 16.0. The number of nitrogens with zero attached hydrogens (tertiary/aromatic N) is 1. The van der Waals surface area contributed by atoms with Crippen LogP contribution in [0.2, 0.25) is 0 Å². The van der Waals surface area contributed by atoms with Gasteiger partial charge < -0.3 is 15.8 Å². The summed E-state index contributed by atoms with van der Waals surface area (Å²) in [5.74, 6) is 0.331. The molecule has 0 amide bonds. The van der Waals surface area contributed by atoms with Crippen molar-refractivity contribution in [3.05, 3.63) is 29.8 Å². The summed E-state index contributed by atoms with van der Waals surface area (Å²) >= 11 is 0. The van der Waals surface area contributed by atoms with Gasteiger partial charge in [-0.25, -0.2) is 18.1 Å². The Bertz CT molecular complexity index is 625. The molecule has 1 aliphatic rings. The molecule has 22 heavy (non-hydrogen) atoms. The lowest BCUT2D eigenvalue weighted by Gasteiger charge is -2.11. The molecule has 1 heterocycles. The summed E-state index contributed by atoms with van der Waals surface area (Å²) in [5.41, 5.74) is 6.58. The summed E-state index contributed by atoms with van der Waals surface area (Å²) in [6.45, 7) is 1.76. The van der Waals surface area contributed by atoms with Gasteiger partial charge in [-0.2, -0.15) is 0 Å². The minimum atomic E-state index is -3.44. The van der Waals surface area contributed by atoms with E-state index < -0.39 is 10.0 Å². The van der Waals surface area contributed by atoms with E-state index in [0.717, 1.165) is 25.0 Å². The molecule has 0 bridgehead atoms. The summed E-state index contributed by atoms with van der Waals surface area (Å²) < 4.78 is 31.3. The van der Waals surface area contributed by atoms with Crippen molar-refractivity contribution in [1.82, 2.24) is 10.0 Å². The molecule has 1 aromatic rings. The number of nitrogens with one attached hydrogen (secondary N) is 2. The predicted molar refractivity (Wildman–Crippen MR) is 85.0 cm³/mol. The van der Waals surface area contributed by atoms with Crippen molar-refractivity contribution in [2.45, 2.75) is 30.4 Å². The molecule has 1 aliphatic heterocycles. The number of guanidine groups is 1. The van der Waals surface area contributed by atoms with Crippen molar-refractivity contribution in [3.8, 4) is 0 Å². The van der Waals surface area contributed by atoms with E-state index in [-0.39, 0.29) is 11.0 Å². The Labute approximate surface area is 131 Å². The van der Waals surface area contributed by atoms with Crippen molar-refractivity contribution in [1.29, 1.82) is 0 Å². The lowest BCUT2D eigenvalue weighted by Crippen LogP contribution is -2.37. The highest BCUT2D eigenvalue weighted by molar-refractivity contribution is 7.89. The lowest BCUT2D eigenvalue weighted by atomic mass is 10.2. The van der Waals surface area contributed by atoms with Gasteiger partial charge in [0.25, 0.3) is 0 Å². The summed E-state index contributed by atoms with van der Waals surface area (Å²) in [4.78, 5) is 4.43. The molecule has 7 nitrogen and oxygen atoms in total. The molecule has 0 radical (unpaired) electrons. The van der Waals surface area contributed by atoms with Gasteiger partial charge in [-0.15, -0.1) is 0 Å². The predicted octanol–water partition coefficient (Wildman–Crippen LogP) is 0.178. The highest BCUT2D eigenvalue weighted by Gasteiger charge is 2.15. The maximum atomic E-state index is 11.7. The first-order chi connectivity index (χ1) is 10.5. The smallest absolute Gasteiger partial charge is 0.240 e. The Kier molecular flexibility index (Phi) is 5.76. The van der Waals surface area contributed by atoms with Gasteiger partial charge in [0.1, 0.15) is 0 Å². The first-order valence-corrected chi connectivity index (χ1v) is 8.67. The van der Waals surface area contributed by atoms with E-state index in [4.69, 9.17) is 10.5 Å². The molecule has 0 aliphatic carbocycles. The van der Waals surface area contributed by atoms with Crippen LogP contribution >= 0.6 is 0 Å². The maximum Gasteiger partial charge on any atom is 0.240 e. The van der Waals surface area contributed by atoms with Gasteiger partial charge in [0.2, 0.25) is 10.0 Å². The van der Waals surface area contributed by atoms with Gasteiger partial charge in [0, 0.05) is 13.2 Å². The maximum absolute atomic E-state index is 11.7. The first-order valence-electron chi connectivity index (χ1n) is 7.19. The largest absolute Gasteiger partial charge is 0.376 e. The second-order valence-corrected chi connectivity index (χ2v) is 6.96. The second kappa shape index (κ2) is 7.57. The highest BCUT2D eigenvalue weighted by atomic mass is 32.2. The Morgan fingerprint density at radius 1 is 1.50 bits per heavy atom. The molecule has 2 rings (SSSR count). The molecule has 0 saturated carbocycles. The molecule has 1 aromatic carbocycles. The van der Waals surface area contributed by atoms with Crippen LogP contribution in [0.3, 0.4) is 0 Å². The third-order valence-electron chi connectivity index (χ3n) is 3.44. The SMILES string of the molecule is CNS(=O)(=O)c1cccc(CN=C(N)NCC2CCCO2)c1. The third kappa shape index (κ3) is 4.69. The van der Waals surface area contributed by atoms with Crippen molar-refractivity contribution < 1.29 is 13.2 Å². The van der Waals surface area contributed by atoms with Crippen LogP contribution < -0.4 is 15.8 Å². The van der Waals surface area contributed by atoms with Gasteiger partial charge in [-0.3, -0.25) is 0 Å². The molecular weight excluding hydrogens is 304 g/mol. The van der Waals surface area contributed by atoms with Gasteiger partial charge in [0.15, 0.2) is 5.96 Å². The number of sulfonamides is 1. The second-order valence-electron chi connectivity index (χ2n) is 5.07. The number of nitrogens with two attached hydrogens (primary N) is 1. The van der Waals surface area contributed by atoms with E-state index in [1.807, 2.05) is 6.07 Å². The number of rotatable bonds is 6. The minimum absolute atomic E-state index is 0.192. The first kappa shape index (κ1) is 16.7.